The second-order valence-electron chi connectivity index (χ2n) is 8.52. The summed E-state index contributed by atoms with van der Waals surface area (Å²) in [6, 6.07) is 0. The molecule has 0 aromatic rings. The van der Waals surface area contributed by atoms with Gasteiger partial charge in [0.1, 0.15) is 11.6 Å². The van der Waals surface area contributed by atoms with E-state index in [0.29, 0.717) is 18.0 Å². The van der Waals surface area contributed by atoms with Gasteiger partial charge >= 0.3 is 0 Å². The zero-order valence-electron chi connectivity index (χ0n) is 17.6. The summed E-state index contributed by atoms with van der Waals surface area (Å²) in [7, 11) is 0. The van der Waals surface area contributed by atoms with Gasteiger partial charge in [-0.3, -0.25) is 9.59 Å². The maximum atomic E-state index is 12.6. The largest absolute Gasteiger partial charge is 0.300 e. The lowest BCUT2D eigenvalue weighted by Crippen LogP contribution is -2.16. The van der Waals surface area contributed by atoms with Crippen molar-refractivity contribution in [3.63, 3.8) is 0 Å². The predicted octanol–water partition coefficient (Wildman–Crippen LogP) is 7.95. The summed E-state index contributed by atoms with van der Waals surface area (Å²) >= 11 is 3.48. The van der Waals surface area contributed by atoms with Crippen LogP contribution in [0.1, 0.15) is 128 Å². The molecule has 1 aliphatic rings. The summed E-state index contributed by atoms with van der Waals surface area (Å²) in [5.41, 5.74) is 0. The number of hydrogen-bond acceptors (Lipinski definition) is 2. The lowest BCUT2D eigenvalue weighted by atomic mass is 9.87. The van der Waals surface area contributed by atoms with Gasteiger partial charge in [-0.1, -0.05) is 93.0 Å². The van der Waals surface area contributed by atoms with Gasteiger partial charge < -0.3 is 0 Å². The molecule has 27 heavy (non-hydrogen) atoms. The lowest BCUT2D eigenvalue weighted by Gasteiger charge is -2.16. The van der Waals surface area contributed by atoms with Gasteiger partial charge in [-0.25, -0.2) is 0 Å². The number of carbonyl (C=O) groups excluding carboxylic acids is 2. The van der Waals surface area contributed by atoms with Gasteiger partial charge in [-0.15, -0.1) is 0 Å². The third-order valence-electron chi connectivity index (χ3n) is 6.04. The van der Waals surface area contributed by atoms with Gasteiger partial charge in [0.2, 0.25) is 0 Å². The topological polar surface area (TPSA) is 34.1 Å². The van der Waals surface area contributed by atoms with Gasteiger partial charge in [-0.2, -0.15) is 0 Å². The summed E-state index contributed by atoms with van der Waals surface area (Å²) < 4.78 is 0. The van der Waals surface area contributed by atoms with Crippen molar-refractivity contribution in [3.8, 4) is 0 Å². The molecule has 0 N–H and O–H groups in total. The second kappa shape index (κ2) is 17.9. The monoisotopic (exact) mass is 442 g/mol. The van der Waals surface area contributed by atoms with Crippen LogP contribution in [-0.4, -0.2) is 16.9 Å². The minimum atomic E-state index is 0.155. The molecule has 1 fully saturated rings. The first-order valence-electron chi connectivity index (χ1n) is 11.8. The van der Waals surface area contributed by atoms with Crippen LogP contribution >= 0.6 is 15.9 Å². The van der Waals surface area contributed by atoms with Crippen LogP contribution in [0.5, 0.6) is 0 Å². The number of ketones is 2. The summed E-state index contributed by atoms with van der Waals surface area (Å²) in [6.07, 6.45) is 22.7. The van der Waals surface area contributed by atoms with E-state index in [1.54, 1.807) is 0 Å². The van der Waals surface area contributed by atoms with Crippen molar-refractivity contribution in [2.24, 2.45) is 5.92 Å². The summed E-state index contributed by atoms with van der Waals surface area (Å²) in [6.45, 7) is 0. The highest BCUT2D eigenvalue weighted by atomic mass is 79.9. The maximum Gasteiger partial charge on any atom is 0.135 e. The number of hydrogen-bond donors (Lipinski definition) is 0. The van der Waals surface area contributed by atoms with E-state index in [-0.39, 0.29) is 5.92 Å². The molecule has 0 bridgehead atoms. The number of alkyl halides is 1. The molecule has 1 atom stereocenters. The Kier molecular flexibility index (Phi) is 16.5. The third kappa shape index (κ3) is 14.5. The smallest absolute Gasteiger partial charge is 0.135 e. The Hall–Kier alpha value is -0.180. The van der Waals surface area contributed by atoms with Gasteiger partial charge in [0, 0.05) is 30.5 Å². The summed E-state index contributed by atoms with van der Waals surface area (Å²) in [5.74, 6) is 0.974. The van der Waals surface area contributed by atoms with Crippen molar-refractivity contribution >= 4 is 27.5 Å². The summed E-state index contributed by atoms with van der Waals surface area (Å²) in [5, 5.41) is 1.14. The fraction of sp³-hybridized carbons (Fsp3) is 0.917. The van der Waals surface area contributed by atoms with Gasteiger partial charge in [-0.05, 0) is 32.1 Å². The van der Waals surface area contributed by atoms with Crippen LogP contribution in [0.3, 0.4) is 0 Å². The first-order chi connectivity index (χ1) is 13.2. The highest BCUT2D eigenvalue weighted by molar-refractivity contribution is 9.09. The van der Waals surface area contributed by atoms with E-state index in [9.17, 15) is 9.59 Å². The quantitative estimate of drug-likeness (QED) is 0.226. The molecular weight excluding hydrogens is 400 g/mol. The number of Topliss-reactive ketones (excluding diaryl/α,β-unsaturated/α-hetero) is 2. The first kappa shape index (κ1) is 24.9. The average Bonchev–Trinajstić information content (AvgIpc) is 2.66. The van der Waals surface area contributed by atoms with E-state index < -0.39 is 0 Å². The molecule has 0 amide bonds. The Morgan fingerprint density at radius 3 is 1.93 bits per heavy atom. The Bertz CT molecular complexity index is 381. The molecule has 0 saturated heterocycles. The van der Waals surface area contributed by atoms with E-state index in [1.807, 2.05) is 0 Å². The van der Waals surface area contributed by atoms with Crippen molar-refractivity contribution < 1.29 is 9.59 Å². The zero-order valence-corrected chi connectivity index (χ0v) is 19.2. The molecule has 1 aliphatic carbocycles. The lowest BCUT2D eigenvalue weighted by molar-refractivity contribution is -0.124. The third-order valence-corrected chi connectivity index (χ3v) is 6.60. The first-order valence-corrected chi connectivity index (χ1v) is 13.0. The highest BCUT2D eigenvalue weighted by Gasteiger charge is 2.19. The van der Waals surface area contributed by atoms with E-state index in [0.717, 1.165) is 43.9 Å². The van der Waals surface area contributed by atoms with Crippen molar-refractivity contribution in [1.82, 2.24) is 0 Å². The average molecular weight is 444 g/mol. The molecule has 1 saturated carbocycles. The standard InChI is InChI=1S/C24H43BrO2/c25-21-15-11-7-3-1-2-4-10-14-18-24(27)22-16-12-8-5-6-9-13-17-23(26)20-19-22/h22H,1-21H2. The van der Waals surface area contributed by atoms with Crippen LogP contribution in [0.15, 0.2) is 0 Å². The van der Waals surface area contributed by atoms with E-state index >= 15 is 0 Å². The number of unbranched alkanes of at least 4 members (excludes halogenated alkanes) is 8. The second-order valence-corrected chi connectivity index (χ2v) is 9.31. The van der Waals surface area contributed by atoms with Crippen LogP contribution < -0.4 is 0 Å². The Morgan fingerprint density at radius 2 is 1.26 bits per heavy atom. The minimum absolute atomic E-state index is 0.155. The van der Waals surface area contributed by atoms with Crippen LogP contribution in [0.25, 0.3) is 0 Å². The molecule has 158 valence electrons. The van der Waals surface area contributed by atoms with Gasteiger partial charge in [0.05, 0.1) is 0 Å². The fourth-order valence-corrected chi connectivity index (χ4v) is 4.58. The van der Waals surface area contributed by atoms with Crippen LogP contribution in [0.4, 0.5) is 0 Å². The van der Waals surface area contributed by atoms with Crippen molar-refractivity contribution in [3.05, 3.63) is 0 Å². The molecule has 0 aliphatic heterocycles. The Labute approximate surface area is 176 Å². The normalized spacial score (nSPS) is 20.0. The molecule has 0 spiro atoms. The molecule has 2 nitrogen and oxygen atoms in total. The Balaban J connectivity index is 2.13. The molecule has 0 aromatic carbocycles. The van der Waals surface area contributed by atoms with Crippen molar-refractivity contribution in [2.45, 2.75) is 128 Å². The Morgan fingerprint density at radius 1 is 0.704 bits per heavy atom. The molecule has 3 heteroatoms. The maximum absolute atomic E-state index is 12.6. The van der Waals surface area contributed by atoms with Crippen molar-refractivity contribution in [2.75, 3.05) is 5.33 Å². The summed E-state index contributed by atoms with van der Waals surface area (Å²) in [4.78, 5) is 24.6. The SMILES string of the molecule is O=C1CCCCCCCCC(C(=O)CCCCCCCCCCCBr)CC1. The van der Waals surface area contributed by atoms with Crippen LogP contribution in [0, 0.1) is 5.92 Å². The number of rotatable bonds is 12. The number of carbonyl (C=O) groups is 2. The highest BCUT2D eigenvalue weighted by Crippen LogP contribution is 2.23. The molecule has 0 aromatic heterocycles. The fourth-order valence-electron chi connectivity index (χ4n) is 4.18. The molecular formula is C24H43BrO2. The van der Waals surface area contributed by atoms with E-state index in [1.165, 1.54) is 83.5 Å². The number of halogens is 1. The molecule has 1 unspecified atom stereocenters. The van der Waals surface area contributed by atoms with Crippen LogP contribution in [-0.2, 0) is 9.59 Å². The van der Waals surface area contributed by atoms with Gasteiger partial charge in [0.25, 0.3) is 0 Å². The molecule has 0 radical (unpaired) electrons. The van der Waals surface area contributed by atoms with E-state index in [4.69, 9.17) is 0 Å². The van der Waals surface area contributed by atoms with Gasteiger partial charge in [0.15, 0.2) is 0 Å². The minimum Gasteiger partial charge on any atom is -0.300 e. The predicted molar refractivity (Wildman–Crippen MR) is 120 cm³/mol. The zero-order chi connectivity index (χ0) is 19.6. The molecule has 1 rings (SSSR count). The van der Waals surface area contributed by atoms with E-state index in [2.05, 4.69) is 15.9 Å². The van der Waals surface area contributed by atoms with Crippen molar-refractivity contribution in [1.29, 1.82) is 0 Å². The molecule has 0 heterocycles. The van der Waals surface area contributed by atoms with Crippen LogP contribution in [0.2, 0.25) is 0 Å².